The molecule has 0 atom stereocenters. The predicted octanol–water partition coefficient (Wildman–Crippen LogP) is 1.55. The number of rotatable bonds is 6. The number of carbonyl (C=O) groups excluding carboxylic acids is 2. The highest BCUT2D eigenvalue weighted by Gasteiger charge is 2.25. The highest BCUT2D eigenvalue weighted by atomic mass is 16.2. The summed E-state index contributed by atoms with van der Waals surface area (Å²) in [7, 11) is 0. The molecule has 1 aliphatic carbocycles. The second-order valence-electron chi connectivity index (χ2n) is 8.91. The minimum absolute atomic E-state index is 0.00426. The van der Waals surface area contributed by atoms with E-state index in [1.165, 1.54) is 13.1 Å². The molecule has 3 rings (SSSR count). The number of aliphatic imine (C=N–C) groups is 1. The summed E-state index contributed by atoms with van der Waals surface area (Å²) in [6.07, 6.45) is 4.74. The van der Waals surface area contributed by atoms with E-state index in [9.17, 15) is 9.59 Å². The van der Waals surface area contributed by atoms with Crippen molar-refractivity contribution < 1.29 is 9.59 Å². The van der Waals surface area contributed by atoms with E-state index < -0.39 is 0 Å². The first-order chi connectivity index (χ1) is 15.8. The summed E-state index contributed by atoms with van der Waals surface area (Å²) in [6, 6.07) is 8.16. The first kappa shape index (κ1) is 24.6. The molecule has 2 fully saturated rings. The molecule has 1 aromatic carbocycles. The van der Waals surface area contributed by atoms with Crippen molar-refractivity contribution in [3.63, 3.8) is 0 Å². The lowest BCUT2D eigenvalue weighted by atomic mass is 9.91. The van der Waals surface area contributed by atoms with Gasteiger partial charge in [-0.05, 0) is 32.6 Å². The van der Waals surface area contributed by atoms with Gasteiger partial charge in [0.05, 0.1) is 12.3 Å². The fraction of sp³-hybridized carbons (Fsp3) is 0.542. The van der Waals surface area contributed by atoms with Crippen LogP contribution in [0.1, 0.15) is 43.7 Å². The van der Waals surface area contributed by atoms with Crippen LogP contribution in [-0.2, 0) is 9.59 Å². The molecule has 0 bridgehead atoms. The van der Waals surface area contributed by atoms with E-state index in [0.717, 1.165) is 36.8 Å². The molecule has 0 unspecified atom stereocenters. The van der Waals surface area contributed by atoms with E-state index >= 15 is 0 Å². The van der Waals surface area contributed by atoms with Gasteiger partial charge in [-0.2, -0.15) is 0 Å². The fourth-order valence-electron chi connectivity index (χ4n) is 4.35. The fourth-order valence-corrected chi connectivity index (χ4v) is 4.35. The number of hydrogen-bond acceptors (Lipinski definition) is 5. The molecule has 4 N–H and O–H groups in total. The summed E-state index contributed by atoms with van der Waals surface area (Å²) in [6.45, 7) is 6.51. The van der Waals surface area contributed by atoms with Gasteiger partial charge in [0.1, 0.15) is 0 Å². The van der Waals surface area contributed by atoms with Gasteiger partial charge in [0.25, 0.3) is 0 Å². The van der Waals surface area contributed by atoms with Gasteiger partial charge in [0.15, 0.2) is 0 Å². The van der Waals surface area contributed by atoms with E-state index in [-0.39, 0.29) is 29.9 Å². The minimum Gasteiger partial charge on any atom is -0.354 e. The van der Waals surface area contributed by atoms with Crippen LogP contribution in [0.25, 0.3) is 0 Å². The number of piperazine rings is 1. The average Bonchev–Trinajstić information content (AvgIpc) is 2.79. The summed E-state index contributed by atoms with van der Waals surface area (Å²) in [5.41, 5.74) is 2.42. The molecular formula is C24H35N7O2. The summed E-state index contributed by atoms with van der Waals surface area (Å²) in [5, 5.41) is 22.1. The summed E-state index contributed by atoms with van der Waals surface area (Å²) in [4.78, 5) is 32.0. The summed E-state index contributed by atoms with van der Waals surface area (Å²) >= 11 is 0. The molecule has 33 heavy (non-hydrogen) atoms. The third-order valence-corrected chi connectivity index (χ3v) is 6.25. The Balaban J connectivity index is 1.41. The van der Waals surface area contributed by atoms with Crippen molar-refractivity contribution in [3.8, 4) is 0 Å². The Labute approximate surface area is 195 Å². The number of nitrogens with zero attached hydrogens (tertiary/aromatic N) is 3. The van der Waals surface area contributed by atoms with Crippen LogP contribution < -0.4 is 10.6 Å². The topological polar surface area (TPSA) is 125 Å². The van der Waals surface area contributed by atoms with Crippen molar-refractivity contribution in [3.05, 3.63) is 35.4 Å². The zero-order valence-electron chi connectivity index (χ0n) is 19.6. The first-order valence-electron chi connectivity index (χ1n) is 11.6. The first-order valence-corrected chi connectivity index (χ1v) is 11.6. The van der Waals surface area contributed by atoms with Crippen LogP contribution in [0, 0.1) is 17.7 Å². The monoisotopic (exact) mass is 453 g/mol. The van der Waals surface area contributed by atoms with Crippen LogP contribution in [0.15, 0.2) is 29.3 Å². The Kier molecular flexibility index (Phi) is 8.71. The Morgan fingerprint density at radius 1 is 1.03 bits per heavy atom. The van der Waals surface area contributed by atoms with E-state index in [0.29, 0.717) is 38.4 Å². The predicted molar refractivity (Wildman–Crippen MR) is 130 cm³/mol. The molecule has 1 heterocycles. The van der Waals surface area contributed by atoms with E-state index in [2.05, 4.69) is 20.5 Å². The molecule has 178 valence electrons. The van der Waals surface area contributed by atoms with Crippen LogP contribution in [0.4, 0.5) is 0 Å². The van der Waals surface area contributed by atoms with Gasteiger partial charge >= 0.3 is 0 Å². The van der Waals surface area contributed by atoms with E-state index in [4.69, 9.17) is 10.8 Å². The second-order valence-corrected chi connectivity index (χ2v) is 8.91. The molecule has 1 saturated carbocycles. The Hall–Kier alpha value is -3.07. The quantitative estimate of drug-likeness (QED) is 0.385. The number of hydrogen-bond donors (Lipinski definition) is 4. The van der Waals surface area contributed by atoms with Crippen molar-refractivity contribution in [1.82, 2.24) is 20.4 Å². The van der Waals surface area contributed by atoms with Crippen molar-refractivity contribution in [2.75, 3.05) is 32.7 Å². The third kappa shape index (κ3) is 7.49. The largest absolute Gasteiger partial charge is 0.354 e. The van der Waals surface area contributed by atoms with Crippen LogP contribution in [-0.4, -0.2) is 84.3 Å². The maximum Gasteiger partial charge on any atom is 0.234 e. The van der Waals surface area contributed by atoms with E-state index in [1.54, 1.807) is 0 Å². The normalized spacial score (nSPS) is 21.9. The van der Waals surface area contributed by atoms with Gasteiger partial charge in [-0.3, -0.25) is 19.9 Å². The molecule has 0 spiro atoms. The number of nitrogens with one attached hydrogen (secondary N) is 4. The number of carbonyl (C=O) groups is 2. The molecule has 9 nitrogen and oxygen atoms in total. The lowest BCUT2D eigenvalue weighted by Gasteiger charge is -2.35. The lowest BCUT2D eigenvalue weighted by molar-refractivity contribution is -0.124. The van der Waals surface area contributed by atoms with Gasteiger partial charge in [0, 0.05) is 57.0 Å². The van der Waals surface area contributed by atoms with Crippen LogP contribution in [0.3, 0.4) is 0 Å². The van der Waals surface area contributed by atoms with Crippen molar-refractivity contribution in [1.29, 1.82) is 10.8 Å². The van der Waals surface area contributed by atoms with E-state index in [1.807, 2.05) is 36.1 Å². The van der Waals surface area contributed by atoms with Gasteiger partial charge < -0.3 is 20.9 Å². The molecule has 2 aliphatic rings. The third-order valence-electron chi connectivity index (χ3n) is 6.25. The SMILES string of the molecule is CC(=O)NC1CCC(NC(=O)CN2CCN(C(=N)N=C(C=N)c3ccc(C)cc3)CC2)CC1. The molecule has 1 aliphatic heterocycles. The minimum atomic E-state index is 0.00426. The Morgan fingerprint density at radius 2 is 1.61 bits per heavy atom. The highest BCUT2D eigenvalue weighted by molar-refractivity contribution is 6.39. The lowest BCUT2D eigenvalue weighted by Crippen LogP contribution is -2.52. The van der Waals surface area contributed by atoms with Crippen LogP contribution >= 0.6 is 0 Å². The van der Waals surface area contributed by atoms with Gasteiger partial charge in [-0.1, -0.05) is 29.8 Å². The van der Waals surface area contributed by atoms with Crippen LogP contribution in [0.2, 0.25) is 0 Å². The number of guanidine groups is 1. The maximum absolute atomic E-state index is 12.5. The zero-order valence-corrected chi connectivity index (χ0v) is 19.6. The Morgan fingerprint density at radius 3 is 2.15 bits per heavy atom. The highest BCUT2D eigenvalue weighted by Crippen LogP contribution is 2.18. The average molecular weight is 454 g/mol. The zero-order chi connectivity index (χ0) is 23.8. The molecule has 2 amide bonds. The molecular weight excluding hydrogens is 418 g/mol. The smallest absolute Gasteiger partial charge is 0.234 e. The number of benzene rings is 1. The van der Waals surface area contributed by atoms with Gasteiger partial charge in [-0.25, -0.2) is 4.99 Å². The second kappa shape index (κ2) is 11.7. The molecule has 9 heteroatoms. The van der Waals surface area contributed by atoms with Crippen molar-refractivity contribution >= 4 is 29.7 Å². The summed E-state index contributed by atoms with van der Waals surface area (Å²) in [5.74, 6) is 0.184. The summed E-state index contributed by atoms with van der Waals surface area (Å²) < 4.78 is 0. The molecule has 1 aromatic rings. The maximum atomic E-state index is 12.5. The number of aryl methyl sites for hydroxylation is 1. The van der Waals surface area contributed by atoms with Crippen molar-refractivity contribution in [2.24, 2.45) is 4.99 Å². The molecule has 0 radical (unpaired) electrons. The Bertz CT molecular complexity index is 881. The van der Waals surface area contributed by atoms with Gasteiger partial charge in [-0.15, -0.1) is 0 Å². The van der Waals surface area contributed by atoms with Crippen molar-refractivity contribution in [2.45, 2.75) is 51.6 Å². The molecule has 1 saturated heterocycles. The number of amides is 2. The van der Waals surface area contributed by atoms with Gasteiger partial charge in [0.2, 0.25) is 17.8 Å². The molecule has 0 aromatic heterocycles. The standard InChI is InChI=1S/C24H35N7O2/c1-17-3-5-19(6-4-17)22(15-25)29-24(26)31-13-11-30(12-14-31)16-23(33)28-21-9-7-20(8-10-21)27-18(2)32/h3-6,15,20-21,25-26H,7-14,16H2,1-2H3,(H,27,32)(H,28,33). The van der Waals surface area contributed by atoms with Crippen LogP contribution in [0.5, 0.6) is 0 Å².